The van der Waals surface area contributed by atoms with Crippen LogP contribution in [0.3, 0.4) is 0 Å². The Labute approximate surface area is 110 Å². The number of hydrogen-bond donors (Lipinski definition) is 1. The molecule has 0 heterocycles. The van der Waals surface area contributed by atoms with Gasteiger partial charge in [-0.1, -0.05) is 23.2 Å². The van der Waals surface area contributed by atoms with E-state index in [1.165, 1.54) is 18.2 Å². The zero-order valence-corrected chi connectivity index (χ0v) is 10.2. The third-order valence-corrected chi connectivity index (χ3v) is 2.38. The van der Waals surface area contributed by atoms with E-state index in [1.807, 2.05) is 0 Å². The molecule has 1 unspecified atom stereocenters. The summed E-state index contributed by atoms with van der Waals surface area (Å²) in [5.74, 6) is -4.63. The summed E-state index contributed by atoms with van der Waals surface area (Å²) in [6, 6.07) is 3.85. The molecule has 18 heavy (non-hydrogen) atoms. The molecule has 8 heteroatoms. The Hall–Kier alpha value is -1.14. The van der Waals surface area contributed by atoms with Crippen LogP contribution in [0.5, 0.6) is 5.75 Å². The van der Waals surface area contributed by atoms with Crippen molar-refractivity contribution in [2.45, 2.75) is 6.18 Å². The Morgan fingerprint density at radius 3 is 2.17 bits per heavy atom. The number of ether oxygens (including phenoxy) is 1. The molecule has 0 saturated carbocycles. The maximum Gasteiger partial charge on any atom is 0.405 e. The maximum absolute atomic E-state index is 12.3. The third kappa shape index (κ3) is 4.27. The van der Waals surface area contributed by atoms with Crippen LogP contribution in [-0.4, -0.2) is 23.9 Å². The Balaban J connectivity index is 2.76. The second-order valence-corrected chi connectivity index (χ2v) is 4.22. The first-order valence-corrected chi connectivity index (χ1v) is 5.34. The van der Waals surface area contributed by atoms with Gasteiger partial charge in [-0.2, -0.15) is 13.2 Å². The van der Waals surface area contributed by atoms with E-state index in [2.05, 4.69) is 0 Å². The normalized spacial score (nSPS) is 13.2. The molecule has 0 aliphatic rings. The first-order valence-electron chi connectivity index (χ1n) is 4.58. The standard InChI is InChI=1S/C10H7Cl2F3O3/c11-5-1-6(12)3-7(2-5)18-4-8(9(16)17)10(13,14)15/h1-3,8H,4H2,(H,16,17). The smallest absolute Gasteiger partial charge is 0.405 e. The highest BCUT2D eigenvalue weighted by molar-refractivity contribution is 6.34. The van der Waals surface area contributed by atoms with Gasteiger partial charge in [-0.3, -0.25) is 4.79 Å². The summed E-state index contributed by atoms with van der Waals surface area (Å²) in [5.41, 5.74) is 0. The van der Waals surface area contributed by atoms with Gasteiger partial charge in [0.05, 0.1) is 0 Å². The van der Waals surface area contributed by atoms with Gasteiger partial charge in [0, 0.05) is 10.0 Å². The molecule has 1 N–H and O–H groups in total. The molecule has 0 spiro atoms. The van der Waals surface area contributed by atoms with Gasteiger partial charge in [0.25, 0.3) is 0 Å². The topological polar surface area (TPSA) is 46.5 Å². The fourth-order valence-electron chi connectivity index (χ4n) is 1.10. The van der Waals surface area contributed by atoms with Gasteiger partial charge < -0.3 is 9.84 Å². The first-order chi connectivity index (χ1) is 8.20. The molecule has 1 rings (SSSR count). The van der Waals surface area contributed by atoms with Gasteiger partial charge >= 0.3 is 12.1 Å². The fourth-order valence-corrected chi connectivity index (χ4v) is 1.60. The number of carboxylic acid groups (broad SMARTS) is 1. The second kappa shape index (κ2) is 5.67. The molecule has 0 aromatic heterocycles. The van der Waals surface area contributed by atoms with E-state index in [1.54, 1.807) is 0 Å². The van der Waals surface area contributed by atoms with Gasteiger partial charge in [-0.15, -0.1) is 0 Å². The highest BCUT2D eigenvalue weighted by Crippen LogP contribution is 2.29. The van der Waals surface area contributed by atoms with Crippen LogP contribution in [0.4, 0.5) is 13.2 Å². The molecule has 3 nitrogen and oxygen atoms in total. The lowest BCUT2D eigenvalue weighted by molar-refractivity contribution is -0.198. The number of aliphatic carboxylic acids is 1. The third-order valence-electron chi connectivity index (χ3n) is 1.95. The molecule has 0 aliphatic heterocycles. The van der Waals surface area contributed by atoms with Gasteiger partial charge in [0.1, 0.15) is 12.4 Å². The predicted molar refractivity (Wildman–Crippen MR) is 59.1 cm³/mol. The number of carboxylic acids is 1. The van der Waals surface area contributed by atoms with Crippen molar-refractivity contribution in [3.05, 3.63) is 28.2 Å². The van der Waals surface area contributed by atoms with E-state index in [-0.39, 0.29) is 15.8 Å². The van der Waals surface area contributed by atoms with Crippen molar-refractivity contribution in [2.24, 2.45) is 5.92 Å². The van der Waals surface area contributed by atoms with Crippen molar-refractivity contribution in [1.82, 2.24) is 0 Å². The average Bonchev–Trinajstić information content (AvgIpc) is 2.12. The lowest BCUT2D eigenvalue weighted by Crippen LogP contribution is -2.35. The van der Waals surface area contributed by atoms with Crippen LogP contribution in [0.1, 0.15) is 0 Å². The van der Waals surface area contributed by atoms with Crippen LogP contribution in [0.25, 0.3) is 0 Å². The molecular formula is C10H7Cl2F3O3. The lowest BCUT2D eigenvalue weighted by Gasteiger charge is -2.16. The fraction of sp³-hybridized carbons (Fsp3) is 0.300. The van der Waals surface area contributed by atoms with Crippen molar-refractivity contribution in [2.75, 3.05) is 6.61 Å². The van der Waals surface area contributed by atoms with Crippen LogP contribution in [0, 0.1) is 5.92 Å². The van der Waals surface area contributed by atoms with Gasteiger partial charge in [-0.25, -0.2) is 0 Å². The molecule has 0 amide bonds. The average molecular weight is 303 g/mol. The number of alkyl halides is 3. The van der Waals surface area contributed by atoms with Gasteiger partial charge in [0.2, 0.25) is 0 Å². The zero-order valence-electron chi connectivity index (χ0n) is 8.67. The van der Waals surface area contributed by atoms with Crippen molar-refractivity contribution in [3.8, 4) is 5.75 Å². The lowest BCUT2D eigenvalue weighted by atomic mass is 10.1. The molecular weight excluding hydrogens is 296 g/mol. The molecule has 0 fully saturated rings. The number of halogens is 5. The Morgan fingerprint density at radius 2 is 1.78 bits per heavy atom. The van der Waals surface area contributed by atoms with Gasteiger partial charge in [0.15, 0.2) is 5.92 Å². The molecule has 0 aliphatic carbocycles. The Bertz CT molecular complexity index is 428. The zero-order chi connectivity index (χ0) is 13.9. The van der Waals surface area contributed by atoms with E-state index in [4.69, 9.17) is 33.0 Å². The molecule has 0 saturated heterocycles. The quantitative estimate of drug-likeness (QED) is 0.924. The summed E-state index contributed by atoms with van der Waals surface area (Å²) in [5, 5.41) is 8.80. The summed E-state index contributed by atoms with van der Waals surface area (Å²) >= 11 is 11.2. The highest BCUT2D eigenvalue weighted by Gasteiger charge is 2.45. The van der Waals surface area contributed by atoms with E-state index in [9.17, 15) is 18.0 Å². The Kier molecular flexibility index (Phi) is 4.70. The van der Waals surface area contributed by atoms with Crippen LogP contribution in [-0.2, 0) is 4.79 Å². The minimum absolute atomic E-state index is 0.0250. The monoisotopic (exact) mass is 302 g/mol. The Morgan fingerprint density at radius 1 is 1.28 bits per heavy atom. The number of carbonyl (C=O) groups is 1. The maximum atomic E-state index is 12.3. The number of rotatable bonds is 4. The summed E-state index contributed by atoms with van der Waals surface area (Å²) in [7, 11) is 0. The van der Waals surface area contributed by atoms with E-state index < -0.39 is 24.7 Å². The SMILES string of the molecule is O=C(O)C(COc1cc(Cl)cc(Cl)c1)C(F)(F)F. The van der Waals surface area contributed by atoms with Crippen molar-refractivity contribution >= 4 is 29.2 Å². The molecule has 0 bridgehead atoms. The van der Waals surface area contributed by atoms with Crippen molar-refractivity contribution in [1.29, 1.82) is 0 Å². The van der Waals surface area contributed by atoms with Crippen molar-refractivity contribution in [3.63, 3.8) is 0 Å². The molecule has 0 radical (unpaired) electrons. The van der Waals surface area contributed by atoms with E-state index >= 15 is 0 Å². The largest absolute Gasteiger partial charge is 0.492 e. The molecule has 1 aromatic rings. The summed E-state index contributed by atoms with van der Waals surface area (Å²) in [6.07, 6.45) is -4.88. The van der Waals surface area contributed by atoms with Crippen LogP contribution in [0.15, 0.2) is 18.2 Å². The summed E-state index contributed by atoms with van der Waals surface area (Å²) in [4.78, 5) is 10.4. The highest BCUT2D eigenvalue weighted by atomic mass is 35.5. The van der Waals surface area contributed by atoms with E-state index in [0.29, 0.717) is 0 Å². The molecule has 1 atom stereocenters. The summed E-state index contributed by atoms with van der Waals surface area (Å²) in [6.45, 7) is -1.05. The minimum Gasteiger partial charge on any atom is -0.492 e. The summed E-state index contributed by atoms with van der Waals surface area (Å²) < 4.78 is 41.7. The first kappa shape index (κ1) is 14.9. The number of hydrogen-bond acceptors (Lipinski definition) is 2. The predicted octanol–water partition coefficient (Wildman–Crippen LogP) is 3.64. The molecule has 100 valence electrons. The second-order valence-electron chi connectivity index (χ2n) is 3.35. The minimum atomic E-state index is -4.88. The number of benzene rings is 1. The van der Waals surface area contributed by atoms with Crippen LogP contribution >= 0.6 is 23.2 Å². The van der Waals surface area contributed by atoms with E-state index in [0.717, 1.165) is 0 Å². The van der Waals surface area contributed by atoms with Gasteiger partial charge in [-0.05, 0) is 18.2 Å². The van der Waals surface area contributed by atoms with Crippen molar-refractivity contribution < 1.29 is 27.8 Å². The van der Waals surface area contributed by atoms with Crippen LogP contribution in [0.2, 0.25) is 10.0 Å². The molecule has 1 aromatic carbocycles. The van der Waals surface area contributed by atoms with Crippen LogP contribution < -0.4 is 4.74 Å².